The van der Waals surface area contributed by atoms with Gasteiger partial charge in [-0.15, -0.1) is 24.0 Å². The number of aliphatic imine (C=N–C) groups is 1. The minimum Gasteiger partial charge on any atom is -0.444 e. The molecule has 0 unspecified atom stereocenters. The summed E-state index contributed by atoms with van der Waals surface area (Å²) in [6.07, 6.45) is 3.41. The highest BCUT2D eigenvalue weighted by Gasteiger charge is 2.32. The van der Waals surface area contributed by atoms with Crippen LogP contribution >= 0.6 is 24.0 Å². The summed E-state index contributed by atoms with van der Waals surface area (Å²) in [5.74, 6) is 1.36. The second-order valence-corrected chi connectivity index (χ2v) is 7.06. The molecule has 29 heavy (non-hydrogen) atoms. The van der Waals surface area contributed by atoms with E-state index in [2.05, 4.69) is 27.5 Å². The highest BCUT2D eigenvalue weighted by atomic mass is 127. The molecular weight excluding hydrogens is 483 g/mol. The van der Waals surface area contributed by atoms with Crippen LogP contribution in [0.25, 0.3) is 11.5 Å². The Hall–Kier alpha value is -1.65. The summed E-state index contributed by atoms with van der Waals surface area (Å²) < 4.78 is 16.9. The van der Waals surface area contributed by atoms with Crippen LogP contribution in [0.15, 0.2) is 39.9 Å². The van der Waals surface area contributed by atoms with Gasteiger partial charge in [-0.2, -0.15) is 0 Å². The van der Waals surface area contributed by atoms with Crippen molar-refractivity contribution in [1.29, 1.82) is 0 Å². The fraction of sp³-hybridized carbons (Fsp3) is 0.524. The lowest BCUT2D eigenvalue weighted by molar-refractivity contribution is -0.0855. The molecule has 1 aromatic carbocycles. The van der Waals surface area contributed by atoms with Gasteiger partial charge >= 0.3 is 0 Å². The Morgan fingerprint density at radius 2 is 1.93 bits per heavy atom. The second-order valence-electron chi connectivity index (χ2n) is 7.06. The van der Waals surface area contributed by atoms with Crippen molar-refractivity contribution < 1.29 is 13.9 Å². The Morgan fingerprint density at radius 3 is 2.59 bits per heavy atom. The number of nitrogens with one attached hydrogen (secondary N) is 2. The fourth-order valence-electron chi connectivity index (χ4n) is 3.15. The first kappa shape index (κ1) is 23.6. The van der Waals surface area contributed by atoms with Gasteiger partial charge in [-0.3, -0.25) is 0 Å². The van der Waals surface area contributed by atoms with E-state index < -0.39 is 0 Å². The maximum Gasteiger partial charge on any atom is 0.226 e. The van der Waals surface area contributed by atoms with Gasteiger partial charge in [-0.25, -0.2) is 9.98 Å². The van der Waals surface area contributed by atoms with E-state index in [0.29, 0.717) is 19.0 Å². The first-order valence-corrected chi connectivity index (χ1v) is 9.81. The third-order valence-corrected chi connectivity index (χ3v) is 5.01. The summed E-state index contributed by atoms with van der Waals surface area (Å²) in [6.45, 7) is 7.46. The molecule has 3 rings (SSSR count). The Balaban J connectivity index is 0.00000300. The van der Waals surface area contributed by atoms with Crippen LogP contribution in [0.2, 0.25) is 0 Å². The maximum absolute atomic E-state index is 5.78. The maximum atomic E-state index is 5.78. The van der Waals surface area contributed by atoms with Gasteiger partial charge in [-0.1, -0.05) is 17.7 Å². The Kier molecular flexibility index (Phi) is 9.38. The molecule has 1 aliphatic rings. The first-order chi connectivity index (χ1) is 13.6. The van der Waals surface area contributed by atoms with Crippen molar-refractivity contribution in [1.82, 2.24) is 15.6 Å². The molecule has 0 aliphatic carbocycles. The number of guanidine groups is 1. The summed E-state index contributed by atoms with van der Waals surface area (Å²) in [4.78, 5) is 9.19. The lowest BCUT2D eigenvalue weighted by Crippen LogP contribution is -2.50. The molecule has 2 heterocycles. The Labute approximate surface area is 189 Å². The molecule has 8 heteroatoms. The molecule has 0 radical (unpaired) electrons. The predicted octanol–water partition coefficient (Wildman–Crippen LogP) is 3.52. The molecule has 0 saturated carbocycles. The number of oxazole rings is 1. The highest BCUT2D eigenvalue weighted by molar-refractivity contribution is 14.0. The van der Waals surface area contributed by atoms with Crippen molar-refractivity contribution in [3.05, 3.63) is 41.8 Å². The van der Waals surface area contributed by atoms with Crippen molar-refractivity contribution in [3.8, 4) is 11.5 Å². The topological polar surface area (TPSA) is 80.9 Å². The van der Waals surface area contributed by atoms with Crippen LogP contribution in [0.1, 0.15) is 31.0 Å². The zero-order chi connectivity index (χ0) is 19.8. The van der Waals surface area contributed by atoms with Crippen LogP contribution in [-0.4, -0.2) is 50.0 Å². The Bertz CT molecular complexity index is 770. The van der Waals surface area contributed by atoms with Gasteiger partial charge in [0.15, 0.2) is 5.96 Å². The fourth-order valence-corrected chi connectivity index (χ4v) is 3.15. The number of rotatable bonds is 7. The van der Waals surface area contributed by atoms with E-state index >= 15 is 0 Å². The predicted molar refractivity (Wildman–Crippen MR) is 125 cm³/mol. The van der Waals surface area contributed by atoms with Crippen LogP contribution in [0.5, 0.6) is 0 Å². The van der Waals surface area contributed by atoms with Gasteiger partial charge in [0, 0.05) is 51.8 Å². The van der Waals surface area contributed by atoms with Crippen molar-refractivity contribution >= 4 is 29.9 Å². The van der Waals surface area contributed by atoms with Crippen LogP contribution in [0, 0.1) is 6.92 Å². The minimum absolute atomic E-state index is 0. The first-order valence-electron chi connectivity index (χ1n) is 9.81. The third kappa shape index (κ3) is 6.68. The quantitative estimate of drug-likeness (QED) is 0.335. The number of hydrogen-bond acceptors (Lipinski definition) is 5. The lowest BCUT2D eigenvalue weighted by atomic mass is 9.94. The molecule has 2 N–H and O–H groups in total. The molecule has 160 valence electrons. The lowest BCUT2D eigenvalue weighted by Gasteiger charge is -2.36. The van der Waals surface area contributed by atoms with Gasteiger partial charge in [-0.05, 0) is 26.0 Å². The number of ether oxygens (including phenoxy) is 2. The molecule has 1 aliphatic heterocycles. The zero-order valence-electron chi connectivity index (χ0n) is 17.4. The number of aromatic nitrogens is 1. The average molecular weight is 514 g/mol. The van der Waals surface area contributed by atoms with Gasteiger partial charge in [0.05, 0.1) is 12.1 Å². The van der Waals surface area contributed by atoms with Crippen LogP contribution < -0.4 is 10.6 Å². The van der Waals surface area contributed by atoms with Crippen LogP contribution in [0.4, 0.5) is 0 Å². The van der Waals surface area contributed by atoms with Crippen molar-refractivity contribution in [2.45, 2.75) is 38.8 Å². The molecule has 0 bridgehead atoms. The molecule has 0 atom stereocenters. The summed E-state index contributed by atoms with van der Waals surface area (Å²) >= 11 is 0. The highest BCUT2D eigenvalue weighted by Crippen LogP contribution is 2.23. The molecule has 7 nitrogen and oxygen atoms in total. The van der Waals surface area contributed by atoms with E-state index in [1.165, 1.54) is 5.56 Å². The summed E-state index contributed by atoms with van der Waals surface area (Å²) in [5, 5.41) is 6.67. The van der Waals surface area contributed by atoms with Crippen LogP contribution in [0.3, 0.4) is 0 Å². The second kappa shape index (κ2) is 11.5. The summed E-state index contributed by atoms with van der Waals surface area (Å²) in [6, 6.07) is 8.12. The van der Waals surface area contributed by atoms with E-state index in [-0.39, 0.29) is 29.6 Å². The SMILES string of the molecule is CCNC(=NCc1coc(-c2ccc(C)cc2)n1)NCC1(OC)CCOCC1.I. The zero-order valence-corrected chi connectivity index (χ0v) is 19.7. The standard InChI is InChI=1S/C21H30N4O3.HI/c1-4-22-20(24-15-21(26-3)9-11-27-12-10-21)23-13-18-14-28-19(25-18)17-7-5-16(2)6-8-17;/h5-8,14H,4,9-13,15H2,1-3H3,(H2,22,23,24);1H. The van der Waals surface area contributed by atoms with Crippen molar-refractivity contribution in [3.63, 3.8) is 0 Å². The largest absolute Gasteiger partial charge is 0.444 e. The minimum atomic E-state index is -0.207. The number of halogens is 1. The van der Waals surface area contributed by atoms with Gasteiger partial charge in [0.2, 0.25) is 5.89 Å². The molecule has 0 spiro atoms. The monoisotopic (exact) mass is 514 g/mol. The van der Waals surface area contributed by atoms with Crippen molar-refractivity contribution in [2.75, 3.05) is 33.4 Å². The number of hydrogen-bond donors (Lipinski definition) is 2. The molecule has 1 aromatic heterocycles. The molecule has 2 aromatic rings. The van der Waals surface area contributed by atoms with Gasteiger partial charge in [0.1, 0.15) is 12.0 Å². The number of nitrogens with zero attached hydrogens (tertiary/aromatic N) is 2. The molecule has 1 fully saturated rings. The number of benzene rings is 1. The number of aryl methyl sites for hydroxylation is 1. The van der Waals surface area contributed by atoms with Gasteiger partial charge in [0.25, 0.3) is 0 Å². The molecule has 1 saturated heterocycles. The van der Waals surface area contributed by atoms with E-state index in [0.717, 1.165) is 49.8 Å². The van der Waals surface area contributed by atoms with E-state index in [1.54, 1.807) is 13.4 Å². The smallest absolute Gasteiger partial charge is 0.226 e. The van der Waals surface area contributed by atoms with Gasteiger partial charge < -0.3 is 24.5 Å². The van der Waals surface area contributed by atoms with E-state index in [4.69, 9.17) is 13.9 Å². The van der Waals surface area contributed by atoms with E-state index in [9.17, 15) is 0 Å². The summed E-state index contributed by atoms with van der Waals surface area (Å²) in [5.41, 5.74) is 2.76. The van der Waals surface area contributed by atoms with E-state index in [1.807, 2.05) is 31.2 Å². The third-order valence-electron chi connectivity index (χ3n) is 5.01. The summed E-state index contributed by atoms with van der Waals surface area (Å²) in [7, 11) is 1.76. The molecule has 0 amide bonds. The number of methoxy groups -OCH3 is 1. The van der Waals surface area contributed by atoms with Crippen molar-refractivity contribution in [2.24, 2.45) is 4.99 Å². The normalized spacial score (nSPS) is 16.2. The molecular formula is C21H31IN4O3. The average Bonchev–Trinajstić information content (AvgIpc) is 3.20. The Morgan fingerprint density at radius 1 is 1.21 bits per heavy atom. The van der Waals surface area contributed by atoms with Crippen LogP contribution in [-0.2, 0) is 16.0 Å².